The Morgan fingerprint density at radius 2 is 2.00 bits per heavy atom. The van der Waals surface area contributed by atoms with Gasteiger partial charge in [0, 0.05) is 24.6 Å². The molecule has 2 aliphatic rings. The summed E-state index contributed by atoms with van der Waals surface area (Å²) in [4.78, 5) is 27.1. The number of hydrogen-bond donors (Lipinski definition) is 2. The Bertz CT molecular complexity index is 942. The van der Waals surface area contributed by atoms with E-state index in [1.807, 2.05) is 25.1 Å². The SMILES string of the molecule is CCOCCCNC(=O)c1c(NC(=O)[C@H]2COc3ccccc3O2)sc2c1CCCC2. The number of anilines is 1. The van der Waals surface area contributed by atoms with E-state index < -0.39 is 6.10 Å². The number of benzene rings is 1. The van der Waals surface area contributed by atoms with E-state index in [2.05, 4.69) is 10.6 Å². The van der Waals surface area contributed by atoms with E-state index in [1.54, 1.807) is 6.07 Å². The molecule has 1 aliphatic heterocycles. The fourth-order valence-electron chi connectivity index (χ4n) is 3.84. The van der Waals surface area contributed by atoms with Gasteiger partial charge in [-0.25, -0.2) is 0 Å². The standard InChI is InChI=1S/C23H28N2O5S/c1-2-28-13-7-12-24-22(27)20-15-8-3-6-11-19(15)31-23(20)25-21(26)18-14-29-16-9-4-5-10-17(16)30-18/h4-5,9-10,18H,2-3,6-8,11-14H2,1H3,(H,24,27)(H,25,26)/t18-/m1/s1. The van der Waals surface area contributed by atoms with Crippen LogP contribution >= 0.6 is 11.3 Å². The summed E-state index contributed by atoms with van der Waals surface area (Å²) in [6.07, 6.45) is 3.94. The average Bonchev–Trinajstić information content (AvgIpc) is 3.16. The number of amides is 2. The topological polar surface area (TPSA) is 85.9 Å². The van der Waals surface area contributed by atoms with Crippen LogP contribution in [-0.2, 0) is 22.4 Å². The number of fused-ring (bicyclic) bond motifs is 2. The molecule has 4 rings (SSSR count). The molecule has 0 spiro atoms. The summed E-state index contributed by atoms with van der Waals surface area (Å²) in [5, 5.41) is 6.53. The van der Waals surface area contributed by atoms with Crippen molar-refractivity contribution in [1.82, 2.24) is 5.32 Å². The lowest BCUT2D eigenvalue weighted by Crippen LogP contribution is -2.40. The molecule has 1 atom stereocenters. The van der Waals surface area contributed by atoms with Crippen molar-refractivity contribution in [3.63, 3.8) is 0 Å². The molecule has 1 aromatic carbocycles. The van der Waals surface area contributed by atoms with Gasteiger partial charge in [0.1, 0.15) is 11.6 Å². The molecule has 31 heavy (non-hydrogen) atoms. The highest BCUT2D eigenvalue weighted by Crippen LogP contribution is 2.38. The van der Waals surface area contributed by atoms with E-state index in [0.29, 0.717) is 41.8 Å². The second kappa shape index (κ2) is 10.2. The maximum absolute atomic E-state index is 13.0. The Kier molecular flexibility index (Phi) is 7.09. The highest BCUT2D eigenvalue weighted by atomic mass is 32.1. The molecule has 166 valence electrons. The number of carbonyl (C=O) groups is 2. The maximum Gasteiger partial charge on any atom is 0.269 e. The van der Waals surface area contributed by atoms with Crippen molar-refractivity contribution in [3.8, 4) is 11.5 Å². The van der Waals surface area contributed by atoms with Gasteiger partial charge in [-0.05, 0) is 56.7 Å². The molecule has 0 unspecified atom stereocenters. The minimum atomic E-state index is -0.767. The van der Waals surface area contributed by atoms with Gasteiger partial charge in [-0.2, -0.15) is 0 Å². The Labute approximate surface area is 186 Å². The summed E-state index contributed by atoms with van der Waals surface area (Å²) >= 11 is 1.50. The molecule has 2 N–H and O–H groups in total. The van der Waals surface area contributed by atoms with E-state index >= 15 is 0 Å². The molecule has 0 bridgehead atoms. The zero-order chi connectivity index (χ0) is 21.6. The molecule has 2 heterocycles. The van der Waals surface area contributed by atoms with Gasteiger partial charge in [-0.1, -0.05) is 12.1 Å². The Hall–Kier alpha value is -2.58. The molecule has 1 aromatic heterocycles. The van der Waals surface area contributed by atoms with Crippen LogP contribution in [0.25, 0.3) is 0 Å². The number of thiophene rings is 1. The van der Waals surface area contributed by atoms with Gasteiger partial charge in [-0.3, -0.25) is 9.59 Å². The lowest BCUT2D eigenvalue weighted by molar-refractivity contribution is -0.125. The molecule has 0 radical (unpaired) electrons. The fraction of sp³-hybridized carbons (Fsp3) is 0.478. The van der Waals surface area contributed by atoms with E-state index in [0.717, 1.165) is 37.7 Å². The lowest BCUT2D eigenvalue weighted by atomic mass is 9.95. The third-order valence-electron chi connectivity index (χ3n) is 5.39. The van der Waals surface area contributed by atoms with Crippen LogP contribution in [0.5, 0.6) is 11.5 Å². The Morgan fingerprint density at radius 1 is 1.19 bits per heavy atom. The normalized spacial score (nSPS) is 17.0. The lowest BCUT2D eigenvalue weighted by Gasteiger charge is -2.25. The van der Waals surface area contributed by atoms with Crippen molar-refractivity contribution >= 4 is 28.2 Å². The number of para-hydroxylation sites is 2. The summed E-state index contributed by atoms with van der Waals surface area (Å²) in [7, 11) is 0. The fourth-order valence-corrected chi connectivity index (χ4v) is 5.13. The monoisotopic (exact) mass is 444 g/mol. The number of carbonyl (C=O) groups excluding carboxylic acids is 2. The number of ether oxygens (including phenoxy) is 3. The number of rotatable bonds is 8. The van der Waals surface area contributed by atoms with E-state index in [9.17, 15) is 9.59 Å². The summed E-state index contributed by atoms with van der Waals surface area (Å²) in [6.45, 7) is 3.90. The maximum atomic E-state index is 13.0. The zero-order valence-corrected chi connectivity index (χ0v) is 18.5. The van der Waals surface area contributed by atoms with E-state index in [1.165, 1.54) is 16.2 Å². The van der Waals surface area contributed by atoms with Gasteiger partial charge in [0.2, 0.25) is 6.10 Å². The predicted molar refractivity (Wildman–Crippen MR) is 119 cm³/mol. The molecular formula is C23H28N2O5S. The largest absolute Gasteiger partial charge is 0.485 e. The average molecular weight is 445 g/mol. The Balaban J connectivity index is 1.47. The van der Waals surface area contributed by atoms with Gasteiger partial charge in [-0.15, -0.1) is 11.3 Å². The predicted octanol–water partition coefficient (Wildman–Crippen LogP) is 3.56. The van der Waals surface area contributed by atoms with Crippen LogP contribution in [0.3, 0.4) is 0 Å². The van der Waals surface area contributed by atoms with Crippen LogP contribution < -0.4 is 20.1 Å². The third-order valence-corrected chi connectivity index (χ3v) is 6.60. The van der Waals surface area contributed by atoms with Crippen LogP contribution in [0.2, 0.25) is 0 Å². The zero-order valence-electron chi connectivity index (χ0n) is 17.7. The van der Waals surface area contributed by atoms with Gasteiger partial charge < -0.3 is 24.8 Å². The summed E-state index contributed by atoms with van der Waals surface area (Å²) in [6, 6.07) is 7.28. The molecule has 8 heteroatoms. The quantitative estimate of drug-likeness (QED) is 0.608. The molecule has 7 nitrogen and oxygen atoms in total. The summed E-state index contributed by atoms with van der Waals surface area (Å²) in [5.41, 5.74) is 1.67. The number of hydrogen-bond acceptors (Lipinski definition) is 6. The van der Waals surface area contributed by atoms with Gasteiger partial charge in [0.05, 0.1) is 5.56 Å². The first-order chi connectivity index (χ1) is 15.2. The van der Waals surface area contributed by atoms with Crippen LogP contribution in [0.15, 0.2) is 24.3 Å². The second-order valence-electron chi connectivity index (χ2n) is 7.57. The number of aryl methyl sites for hydroxylation is 1. The molecule has 2 aromatic rings. The third kappa shape index (κ3) is 5.02. The van der Waals surface area contributed by atoms with Crippen LogP contribution in [0, 0.1) is 0 Å². The van der Waals surface area contributed by atoms with Crippen molar-refractivity contribution in [2.45, 2.75) is 45.1 Å². The van der Waals surface area contributed by atoms with Crippen molar-refractivity contribution in [3.05, 3.63) is 40.3 Å². The van der Waals surface area contributed by atoms with Crippen molar-refractivity contribution in [1.29, 1.82) is 0 Å². The van der Waals surface area contributed by atoms with Crippen molar-refractivity contribution < 1.29 is 23.8 Å². The highest BCUT2D eigenvalue weighted by Gasteiger charge is 2.31. The minimum absolute atomic E-state index is 0.132. The van der Waals surface area contributed by atoms with Crippen LogP contribution in [0.1, 0.15) is 47.0 Å². The van der Waals surface area contributed by atoms with E-state index in [4.69, 9.17) is 14.2 Å². The highest BCUT2D eigenvalue weighted by molar-refractivity contribution is 7.17. The number of nitrogens with one attached hydrogen (secondary N) is 2. The molecule has 2 amide bonds. The molecule has 1 aliphatic carbocycles. The van der Waals surface area contributed by atoms with Gasteiger partial charge in [0.25, 0.3) is 11.8 Å². The van der Waals surface area contributed by atoms with Crippen LogP contribution in [-0.4, -0.2) is 44.3 Å². The summed E-state index contributed by atoms with van der Waals surface area (Å²) < 4.78 is 16.8. The first-order valence-corrected chi connectivity index (χ1v) is 11.7. The Morgan fingerprint density at radius 3 is 2.84 bits per heavy atom. The molecular weight excluding hydrogens is 416 g/mol. The van der Waals surface area contributed by atoms with Gasteiger partial charge >= 0.3 is 0 Å². The first kappa shape index (κ1) is 21.6. The molecule has 0 fully saturated rings. The van der Waals surface area contributed by atoms with Crippen LogP contribution in [0.4, 0.5) is 5.00 Å². The van der Waals surface area contributed by atoms with Crippen molar-refractivity contribution in [2.75, 3.05) is 31.7 Å². The summed E-state index contributed by atoms with van der Waals surface area (Å²) in [5.74, 6) is 0.729. The molecule has 0 saturated heterocycles. The minimum Gasteiger partial charge on any atom is -0.485 e. The second-order valence-corrected chi connectivity index (χ2v) is 8.68. The van der Waals surface area contributed by atoms with E-state index in [-0.39, 0.29) is 18.4 Å². The smallest absolute Gasteiger partial charge is 0.269 e. The van der Waals surface area contributed by atoms with Gasteiger partial charge in [0.15, 0.2) is 11.5 Å². The first-order valence-electron chi connectivity index (χ1n) is 10.9. The molecule has 0 saturated carbocycles. The van der Waals surface area contributed by atoms with Crippen molar-refractivity contribution in [2.24, 2.45) is 0 Å².